The van der Waals surface area contributed by atoms with Gasteiger partial charge in [-0.25, -0.2) is 0 Å². The summed E-state index contributed by atoms with van der Waals surface area (Å²) in [6.07, 6.45) is 9.21. The quantitative estimate of drug-likeness (QED) is 0.605. The molecule has 0 aromatic heterocycles. The zero-order chi connectivity index (χ0) is 16.1. The van der Waals surface area contributed by atoms with E-state index in [0.29, 0.717) is 11.8 Å². The number of carbonyl (C=O) groups excluding carboxylic acids is 1. The molecule has 0 saturated heterocycles. The Labute approximate surface area is 132 Å². The van der Waals surface area contributed by atoms with Crippen molar-refractivity contribution in [3.8, 4) is 0 Å². The lowest BCUT2D eigenvalue weighted by molar-refractivity contribution is -0.176. The lowest BCUT2D eigenvalue weighted by Crippen LogP contribution is -2.42. The molecule has 1 atom stereocenters. The Kier molecular flexibility index (Phi) is 6.74. The maximum absolute atomic E-state index is 12.9. The molecule has 1 unspecified atom stereocenters. The fourth-order valence-corrected chi connectivity index (χ4v) is 3.50. The molecule has 0 spiro atoms. The van der Waals surface area contributed by atoms with E-state index in [9.17, 15) is 4.79 Å². The van der Waals surface area contributed by atoms with E-state index >= 15 is 0 Å². The van der Waals surface area contributed by atoms with Crippen LogP contribution in [0, 0.1) is 17.3 Å². The van der Waals surface area contributed by atoms with E-state index in [4.69, 9.17) is 4.74 Å². The Bertz CT molecular complexity index is 324. The SMILES string of the molecule is CC(C)CC(C)(C(=O)OC1(C)CCCCCCC1)C(C)C. The molecule has 1 aliphatic rings. The van der Waals surface area contributed by atoms with Gasteiger partial charge in [0.2, 0.25) is 0 Å². The molecule has 2 heteroatoms. The van der Waals surface area contributed by atoms with Crippen molar-refractivity contribution >= 4 is 5.97 Å². The van der Waals surface area contributed by atoms with Gasteiger partial charge < -0.3 is 4.74 Å². The molecule has 124 valence electrons. The highest BCUT2D eigenvalue weighted by molar-refractivity contribution is 5.77. The summed E-state index contributed by atoms with van der Waals surface area (Å²) in [7, 11) is 0. The summed E-state index contributed by atoms with van der Waals surface area (Å²) in [5.74, 6) is 0.842. The molecule has 0 heterocycles. The molecule has 0 aromatic rings. The van der Waals surface area contributed by atoms with Crippen LogP contribution in [0.15, 0.2) is 0 Å². The van der Waals surface area contributed by atoms with E-state index in [2.05, 4.69) is 41.5 Å². The van der Waals surface area contributed by atoms with Crippen molar-refractivity contribution in [2.75, 3.05) is 0 Å². The molecule has 0 radical (unpaired) electrons. The molecule has 0 bridgehead atoms. The van der Waals surface area contributed by atoms with Gasteiger partial charge in [-0.3, -0.25) is 4.79 Å². The van der Waals surface area contributed by atoms with Gasteiger partial charge in [-0.15, -0.1) is 0 Å². The molecule has 21 heavy (non-hydrogen) atoms. The van der Waals surface area contributed by atoms with Crippen LogP contribution in [-0.2, 0) is 9.53 Å². The summed E-state index contributed by atoms with van der Waals surface area (Å²) in [5.41, 5.74) is -0.607. The van der Waals surface area contributed by atoms with Crippen molar-refractivity contribution in [3.05, 3.63) is 0 Å². The third-order valence-corrected chi connectivity index (χ3v) is 5.32. The highest BCUT2D eigenvalue weighted by atomic mass is 16.6. The maximum Gasteiger partial charge on any atom is 0.312 e. The third-order valence-electron chi connectivity index (χ3n) is 5.32. The van der Waals surface area contributed by atoms with Crippen LogP contribution < -0.4 is 0 Å². The number of hydrogen-bond acceptors (Lipinski definition) is 2. The summed E-state index contributed by atoms with van der Waals surface area (Å²) in [6, 6.07) is 0. The molecule has 0 amide bonds. The smallest absolute Gasteiger partial charge is 0.312 e. The van der Waals surface area contributed by atoms with Gasteiger partial charge in [-0.1, -0.05) is 47.0 Å². The molecular weight excluding hydrogens is 260 g/mol. The molecule has 2 nitrogen and oxygen atoms in total. The predicted molar refractivity (Wildman–Crippen MR) is 89.2 cm³/mol. The highest BCUT2D eigenvalue weighted by Crippen LogP contribution is 2.39. The molecule has 1 fully saturated rings. The largest absolute Gasteiger partial charge is 0.459 e. The second-order valence-electron chi connectivity index (χ2n) is 8.28. The van der Waals surface area contributed by atoms with Crippen LogP contribution in [0.4, 0.5) is 0 Å². The molecular formula is C19H36O2. The van der Waals surface area contributed by atoms with Crippen LogP contribution in [0.25, 0.3) is 0 Å². The average molecular weight is 296 g/mol. The monoisotopic (exact) mass is 296 g/mol. The van der Waals surface area contributed by atoms with Gasteiger partial charge >= 0.3 is 5.97 Å². The van der Waals surface area contributed by atoms with Crippen LogP contribution in [-0.4, -0.2) is 11.6 Å². The standard InChI is InChI=1S/C19H36O2/c1-15(2)14-19(6,16(3)4)17(20)21-18(5)12-10-8-7-9-11-13-18/h15-16H,7-14H2,1-6H3. The van der Waals surface area contributed by atoms with Crippen molar-refractivity contribution in [2.45, 2.75) is 98.5 Å². The summed E-state index contributed by atoms with van der Waals surface area (Å²) in [4.78, 5) is 12.9. The van der Waals surface area contributed by atoms with Gasteiger partial charge in [-0.05, 0) is 57.8 Å². The minimum absolute atomic E-state index is 0.0225. The molecule has 1 saturated carbocycles. The fraction of sp³-hybridized carbons (Fsp3) is 0.947. The van der Waals surface area contributed by atoms with E-state index in [1.807, 2.05) is 0 Å². The average Bonchev–Trinajstić information content (AvgIpc) is 2.33. The fourth-order valence-electron chi connectivity index (χ4n) is 3.50. The zero-order valence-corrected chi connectivity index (χ0v) is 15.1. The van der Waals surface area contributed by atoms with E-state index in [0.717, 1.165) is 19.3 Å². The second-order valence-corrected chi connectivity index (χ2v) is 8.28. The first-order chi connectivity index (χ1) is 9.69. The molecule has 0 N–H and O–H groups in total. The van der Waals surface area contributed by atoms with E-state index in [-0.39, 0.29) is 17.0 Å². The Hall–Kier alpha value is -0.530. The van der Waals surface area contributed by atoms with Gasteiger partial charge in [-0.2, -0.15) is 0 Å². The predicted octanol–water partition coefficient (Wildman–Crippen LogP) is 5.74. The van der Waals surface area contributed by atoms with Crippen LogP contribution in [0.1, 0.15) is 92.9 Å². The summed E-state index contributed by atoms with van der Waals surface area (Å²) >= 11 is 0. The molecule has 0 aliphatic heterocycles. The molecule has 1 aliphatic carbocycles. The van der Waals surface area contributed by atoms with Gasteiger partial charge in [0.25, 0.3) is 0 Å². The van der Waals surface area contributed by atoms with E-state index in [1.165, 1.54) is 32.1 Å². The highest BCUT2D eigenvalue weighted by Gasteiger charge is 2.42. The number of rotatable bonds is 5. The first-order valence-electron chi connectivity index (χ1n) is 8.93. The van der Waals surface area contributed by atoms with Gasteiger partial charge in [0.15, 0.2) is 0 Å². The summed E-state index contributed by atoms with van der Waals surface area (Å²) < 4.78 is 6.10. The van der Waals surface area contributed by atoms with Gasteiger partial charge in [0.05, 0.1) is 5.41 Å². The first kappa shape index (κ1) is 18.5. The normalized spacial score (nSPS) is 22.5. The number of hydrogen-bond donors (Lipinski definition) is 0. The van der Waals surface area contributed by atoms with Crippen molar-refractivity contribution < 1.29 is 9.53 Å². The number of esters is 1. The van der Waals surface area contributed by atoms with Crippen LogP contribution >= 0.6 is 0 Å². The summed E-state index contributed by atoms with van der Waals surface area (Å²) in [6.45, 7) is 12.9. The minimum atomic E-state index is -0.362. The van der Waals surface area contributed by atoms with Crippen LogP contribution in [0.5, 0.6) is 0 Å². The third kappa shape index (κ3) is 5.30. The van der Waals surface area contributed by atoms with Crippen molar-refractivity contribution in [3.63, 3.8) is 0 Å². The minimum Gasteiger partial charge on any atom is -0.459 e. The van der Waals surface area contributed by atoms with E-state index < -0.39 is 0 Å². The van der Waals surface area contributed by atoms with Crippen molar-refractivity contribution in [1.82, 2.24) is 0 Å². The van der Waals surface area contributed by atoms with Crippen molar-refractivity contribution in [1.29, 1.82) is 0 Å². The topological polar surface area (TPSA) is 26.3 Å². The second kappa shape index (κ2) is 7.65. The summed E-state index contributed by atoms with van der Waals surface area (Å²) in [5, 5.41) is 0. The Morgan fingerprint density at radius 1 is 1.05 bits per heavy atom. The zero-order valence-electron chi connectivity index (χ0n) is 15.1. The number of ether oxygens (including phenoxy) is 1. The Morgan fingerprint density at radius 3 is 1.95 bits per heavy atom. The maximum atomic E-state index is 12.9. The van der Waals surface area contributed by atoms with Crippen LogP contribution in [0.3, 0.4) is 0 Å². The number of carbonyl (C=O) groups is 1. The van der Waals surface area contributed by atoms with Crippen molar-refractivity contribution in [2.24, 2.45) is 17.3 Å². The lowest BCUT2D eigenvalue weighted by Gasteiger charge is -2.39. The van der Waals surface area contributed by atoms with E-state index in [1.54, 1.807) is 0 Å². The van der Waals surface area contributed by atoms with Crippen LogP contribution in [0.2, 0.25) is 0 Å². The molecule has 0 aromatic carbocycles. The van der Waals surface area contributed by atoms with Gasteiger partial charge in [0.1, 0.15) is 5.60 Å². The Balaban J connectivity index is 2.79. The first-order valence-corrected chi connectivity index (χ1v) is 8.93. The van der Waals surface area contributed by atoms with Gasteiger partial charge in [0, 0.05) is 0 Å². The Morgan fingerprint density at radius 2 is 1.52 bits per heavy atom. The lowest BCUT2D eigenvalue weighted by atomic mass is 9.73. The molecule has 1 rings (SSSR count).